The molecule has 0 bridgehead atoms. The summed E-state index contributed by atoms with van der Waals surface area (Å²) in [6, 6.07) is 9.85. The summed E-state index contributed by atoms with van der Waals surface area (Å²) in [6.45, 7) is 4.40. The molecule has 0 aliphatic carbocycles. The molecule has 2 aromatic rings. The van der Waals surface area contributed by atoms with Crippen molar-refractivity contribution in [1.82, 2.24) is 20.5 Å². The predicted molar refractivity (Wildman–Crippen MR) is 79.4 cm³/mol. The first kappa shape index (κ1) is 14.6. The lowest BCUT2D eigenvalue weighted by Crippen LogP contribution is -2.30. The number of hydrogen-bond donors (Lipinski definition) is 2. The topological polar surface area (TPSA) is 70.7 Å². The summed E-state index contributed by atoms with van der Waals surface area (Å²) >= 11 is 1.36. The van der Waals surface area contributed by atoms with E-state index in [2.05, 4.69) is 20.5 Å². The van der Waals surface area contributed by atoms with Crippen LogP contribution < -0.4 is 5.32 Å². The minimum atomic E-state index is -0.223. The zero-order valence-corrected chi connectivity index (χ0v) is 12.4. The molecule has 1 amide bonds. The molecule has 0 spiro atoms. The third-order valence-corrected chi connectivity index (χ3v) is 3.77. The average Bonchev–Trinajstić information content (AvgIpc) is 2.93. The number of carbonyl (C=O) groups excluding carboxylic acids is 1. The van der Waals surface area contributed by atoms with Gasteiger partial charge in [-0.2, -0.15) is 0 Å². The molecule has 1 aromatic heterocycles. The molecule has 6 heteroatoms. The predicted octanol–water partition coefficient (Wildman–Crippen LogP) is 2.16. The second-order valence-electron chi connectivity index (χ2n) is 4.38. The van der Waals surface area contributed by atoms with Gasteiger partial charge < -0.3 is 5.32 Å². The highest BCUT2D eigenvalue weighted by Gasteiger charge is 2.16. The van der Waals surface area contributed by atoms with E-state index in [9.17, 15) is 4.79 Å². The van der Waals surface area contributed by atoms with E-state index in [4.69, 9.17) is 0 Å². The van der Waals surface area contributed by atoms with Gasteiger partial charge >= 0.3 is 0 Å². The average molecular weight is 290 g/mol. The third-order valence-electron chi connectivity index (χ3n) is 2.81. The third kappa shape index (κ3) is 4.09. The fraction of sp³-hybridized carbons (Fsp3) is 0.357. The van der Waals surface area contributed by atoms with E-state index in [0.29, 0.717) is 11.7 Å². The molecule has 20 heavy (non-hydrogen) atoms. The Hall–Kier alpha value is -1.82. The van der Waals surface area contributed by atoms with Gasteiger partial charge in [0.05, 0.1) is 5.25 Å². The molecule has 1 heterocycles. The van der Waals surface area contributed by atoms with E-state index in [-0.39, 0.29) is 11.2 Å². The van der Waals surface area contributed by atoms with Crippen molar-refractivity contribution in [2.45, 2.75) is 37.2 Å². The number of nitrogens with zero attached hydrogens (tertiary/aromatic N) is 2. The smallest absolute Gasteiger partial charge is 0.233 e. The number of amides is 1. The monoisotopic (exact) mass is 290 g/mol. The Kier molecular flexibility index (Phi) is 5.17. The number of carbonyl (C=O) groups is 1. The van der Waals surface area contributed by atoms with Crippen LogP contribution in [0.4, 0.5) is 0 Å². The number of benzene rings is 1. The SMILES string of the molecule is CCc1nc(SC(C)C(=O)NCc2ccccc2)n[nH]1. The van der Waals surface area contributed by atoms with Crippen molar-refractivity contribution in [1.29, 1.82) is 0 Å². The summed E-state index contributed by atoms with van der Waals surface area (Å²) < 4.78 is 0. The minimum absolute atomic E-state index is 0.0123. The summed E-state index contributed by atoms with van der Waals surface area (Å²) in [5.41, 5.74) is 1.09. The Morgan fingerprint density at radius 3 is 2.80 bits per heavy atom. The van der Waals surface area contributed by atoms with E-state index in [1.165, 1.54) is 11.8 Å². The molecule has 1 unspecified atom stereocenters. The van der Waals surface area contributed by atoms with Crippen LogP contribution in [-0.4, -0.2) is 26.3 Å². The highest BCUT2D eigenvalue weighted by atomic mass is 32.2. The summed E-state index contributed by atoms with van der Waals surface area (Å²) in [4.78, 5) is 16.3. The fourth-order valence-electron chi connectivity index (χ4n) is 1.63. The molecule has 0 saturated carbocycles. The number of aromatic nitrogens is 3. The molecule has 0 fully saturated rings. The van der Waals surface area contributed by atoms with Crippen molar-refractivity contribution in [2.75, 3.05) is 0 Å². The fourth-order valence-corrected chi connectivity index (χ4v) is 2.40. The lowest BCUT2D eigenvalue weighted by Gasteiger charge is -2.10. The Morgan fingerprint density at radius 1 is 1.40 bits per heavy atom. The second-order valence-corrected chi connectivity index (χ2v) is 5.69. The maximum absolute atomic E-state index is 12.0. The van der Waals surface area contributed by atoms with Gasteiger partial charge in [0.15, 0.2) is 0 Å². The van der Waals surface area contributed by atoms with Crippen LogP contribution in [0.1, 0.15) is 25.2 Å². The summed E-state index contributed by atoms with van der Waals surface area (Å²) in [5, 5.41) is 10.2. The molecule has 1 aromatic carbocycles. The van der Waals surface area contributed by atoms with Crippen LogP contribution in [0.2, 0.25) is 0 Å². The highest BCUT2D eigenvalue weighted by molar-refractivity contribution is 8.00. The quantitative estimate of drug-likeness (QED) is 0.800. The Labute approximate surface area is 122 Å². The van der Waals surface area contributed by atoms with Crippen LogP contribution in [-0.2, 0) is 17.8 Å². The first-order valence-electron chi connectivity index (χ1n) is 6.58. The number of aromatic amines is 1. The molecule has 106 valence electrons. The molecule has 0 saturated heterocycles. The Bertz CT molecular complexity index is 555. The molecule has 2 N–H and O–H groups in total. The lowest BCUT2D eigenvalue weighted by molar-refractivity contribution is -0.120. The normalized spacial score (nSPS) is 12.1. The zero-order valence-electron chi connectivity index (χ0n) is 11.6. The van der Waals surface area contributed by atoms with Crippen molar-refractivity contribution in [3.05, 3.63) is 41.7 Å². The molecule has 1 atom stereocenters. The number of thioether (sulfide) groups is 1. The molecule has 2 rings (SSSR count). The Morgan fingerprint density at radius 2 is 2.15 bits per heavy atom. The highest BCUT2D eigenvalue weighted by Crippen LogP contribution is 2.19. The maximum Gasteiger partial charge on any atom is 0.233 e. The number of hydrogen-bond acceptors (Lipinski definition) is 4. The second kappa shape index (κ2) is 7.09. The van der Waals surface area contributed by atoms with Crippen molar-refractivity contribution in [2.24, 2.45) is 0 Å². The zero-order chi connectivity index (χ0) is 14.4. The molecule has 0 aliphatic rings. The van der Waals surface area contributed by atoms with Crippen LogP contribution in [0.3, 0.4) is 0 Å². The van der Waals surface area contributed by atoms with Crippen LogP contribution in [0.5, 0.6) is 0 Å². The van der Waals surface area contributed by atoms with Crippen LogP contribution in [0.25, 0.3) is 0 Å². The van der Waals surface area contributed by atoms with Crippen LogP contribution in [0, 0.1) is 0 Å². The van der Waals surface area contributed by atoms with Crippen molar-refractivity contribution >= 4 is 17.7 Å². The van der Waals surface area contributed by atoms with Crippen LogP contribution in [0.15, 0.2) is 35.5 Å². The standard InChI is InChI=1S/C14H18N4OS/c1-3-12-16-14(18-17-12)20-10(2)13(19)15-9-11-7-5-4-6-8-11/h4-8,10H,3,9H2,1-2H3,(H,15,19)(H,16,17,18). The number of nitrogens with one attached hydrogen (secondary N) is 2. The van der Waals surface area contributed by atoms with E-state index in [1.807, 2.05) is 44.2 Å². The van der Waals surface area contributed by atoms with E-state index in [0.717, 1.165) is 17.8 Å². The number of aryl methyl sites for hydroxylation is 1. The van der Waals surface area contributed by atoms with Gasteiger partial charge in [0.2, 0.25) is 11.1 Å². The van der Waals surface area contributed by atoms with Crippen molar-refractivity contribution in [3.8, 4) is 0 Å². The summed E-state index contributed by atoms with van der Waals surface area (Å²) in [7, 11) is 0. The molecule has 0 radical (unpaired) electrons. The molecular weight excluding hydrogens is 272 g/mol. The largest absolute Gasteiger partial charge is 0.351 e. The van der Waals surface area contributed by atoms with Gasteiger partial charge in [-0.15, -0.1) is 5.10 Å². The minimum Gasteiger partial charge on any atom is -0.351 e. The van der Waals surface area contributed by atoms with Gasteiger partial charge in [-0.05, 0) is 12.5 Å². The summed E-state index contributed by atoms with van der Waals surface area (Å²) in [5.74, 6) is 0.825. The van der Waals surface area contributed by atoms with E-state index >= 15 is 0 Å². The van der Waals surface area contributed by atoms with Gasteiger partial charge in [-0.1, -0.05) is 49.0 Å². The van der Waals surface area contributed by atoms with Gasteiger partial charge in [-0.25, -0.2) is 4.98 Å². The summed E-state index contributed by atoms with van der Waals surface area (Å²) in [6.07, 6.45) is 0.808. The van der Waals surface area contributed by atoms with E-state index < -0.39 is 0 Å². The van der Waals surface area contributed by atoms with Gasteiger partial charge in [0.25, 0.3) is 0 Å². The van der Waals surface area contributed by atoms with Gasteiger partial charge in [-0.3, -0.25) is 9.89 Å². The molecular formula is C14H18N4OS. The van der Waals surface area contributed by atoms with Gasteiger partial charge in [0, 0.05) is 13.0 Å². The van der Waals surface area contributed by atoms with Crippen molar-refractivity contribution in [3.63, 3.8) is 0 Å². The first-order valence-corrected chi connectivity index (χ1v) is 7.46. The van der Waals surface area contributed by atoms with Crippen LogP contribution >= 0.6 is 11.8 Å². The van der Waals surface area contributed by atoms with Crippen molar-refractivity contribution < 1.29 is 4.79 Å². The molecule has 5 nitrogen and oxygen atoms in total. The lowest BCUT2D eigenvalue weighted by atomic mass is 10.2. The van der Waals surface area contributed by atoms with Gasteiger partial charge in [0.1, 0.15) is 5.82 Å². The molecule has 0 aliphatic heterocycles. The van der Waals surface area contributed by atoms with E-state index in [1.54, 1.807) is 0 Å². The first-order chi connectivity index (χ1) is 9.69. The number of H-pyrrole nitrogens is 1. The Balaban J connectivity index is 1.82. The number of rotatable bonds is 6. The maximum atomic E-state index is 12.0.